The Balaban J connectivity index is 1.09. The predicted molar refractivity (Wildman–Crippen MR) is 241 cm³/mol. The van der Waals surface area contributed by atoms with E-state index in [4.69, 9.17) is 4.42 Å². The minimum Gasteiger partial charge on any atom is -0.455 e. The van der Waals surface area contributed by atoms with E-state index in [2.05, 4.69) is 194 Å². The maximum Gasteiger partial charge on any atom is 0.143 e. The van der Waals surface area contributed by atoms with Crippen molar-refractivity contribution < 1.29 is 4.42 Å². The summed E-state index contributed by atoms with van der Waals surface area (Å²) < 4.78 is 7.69. The van der Waals surface area contributed by atoms with E-state index in [0.29, 0.717) is 0 Å². The first kappa shape index (κ1) is 33.6. The molecule has 0 saturated carbocycles. The molecule has 2 aromatic heterocycles. The van der Waals surface area contributed by atoms with Crippen LogP contribution in [0.5, 0.6) is 0 Å². The van der Waals surface area contributed by atoms with Crippen molar-refractivity contribution in [2.45, 2.75) is 6.92 Å². The van der Waals surface area contributed by atoms with Gasteiger partial charge in [0.1, 0.15) is 11.2 Å². The summed E-state index contributed by atoms with van der Waals surface area (Å²) in [5.74, 6) is 0. The van der Waals surface area contributed by atoms with Crippen molar-refractivity contribution in [3.05, 3.63) is 211 Å². The van der Waals surface area contributed by atoms with E-state index < -0.39 is 0 Å². The van der Waals surface area contributed by atoms with Crippen molar-refractivity contribution in [3.8, 4) is 22.3 Å². The van der Waals surface area contributed by atoms with E-state index in [9.17, 15) is 0 Å². The fourth-order valence-electron chi connectivity index (χ4n) is 8.23. The third kappa shape index (κ3) is 5.72. The van der Waals surface area contributed by atoms with Crippen molar-refractivity contribution in [2.75, 3.05) is 4.90 Å². The van der Waals surface area contributed by atoms with Gasteiger partial charge in [-0.05, 0) is 94.1 Å². The summed E-state index contributed by atoms with van der Waals surface area (Å²) in [5, 5.41) is 6.00. The lowest BCUT2D eigenvalue weighted by Gasteiger charge is -2.27. The summed E-state index contributed by atoms with van der Waals surface area (Å²) in [5.41, 5.74) is 13.2. The fourth-order valence-corrected chi connectivity index (χ4v) is 9.30. The number of thiophene rings is 1. The molecule has 266 valence electrons. The highest BCUT2D eigenvalue weighted by Crippen LogP contribution is 2.43. The Morgan fingerprint density at radius 3 is 2.00 bits per heavy atom. The second kappa shape index (κ2) is 14.0. The number of nitrogens with zero attached hydrogens (tertiary/aromatic N) is 1. The number of rotatable bonds is 8. The topological polar surface area (TPSA) is 16.4 Å². The molecule has 0 aliphatic rings. The van der Waals surface area contributed by atoms with Crippen molar-refractivity contribution in [2.24, 2.45) is 0 Å². The Hall–Kier alpha value is -6.94. The first-order chi connectivity index (χ1) is 27.7. The van der Waals surface area contributed by atoms with Crippen LogP contribution in [-0.4, -0.2) is 0 Å². The van der Waals surface area contributed by atoms with Crippen LogP contribution in [0, 0.1) is 0 Å². The monoisotopic (exact) mass is 735 g/mol. The van der Waals surface area contributed by atoms with Gasteiger partial charge < -0.3 is 9.32 Å². The van der Waals surface area contributed by atoms with Gasteiger partial charge in [0, 0.05) is 53.9 Å². The fraction of sp³-hybridized carbons (Fsp3) is 0.0189. The zero-order valence-corrected chi connectivity index (χ0v) is 31.8. The van der Waals surface area contributed by atoms with Crippen molar-refractivity contribution >= 4 is 82.8 Å². The molecule has 0 aliphatic carbocycles. The largest absolute Gasteiger partial charge is 0.455 e. The normalized spacial score (nSPS) is 11.8. The van der Waals surface area contributed by atoms with E-state index >= 15 is 0 Å². The van der Waals surface area contributed by atoms with Gasteiger partial charge in [0.15, 0.2) is 0 Å². The van der Waals surface area contributed by atoms with Gasteiger partial charge in [-0.15, -0.1) is 11.3 Å². The molecule has 10 rings (SSSR count). The van der Waals surface area contributed by atoms with E-state index in [-0.39, 0.29) is 0 Å². The summed E-state index contributed by atoms with van der Waals surface area (Å²) in [6.45, 7) is 6.29. The smallest absolute Gasteiger partial charge is 0.143 e. The van der Waals surface area contributed by atoms with E-state index in [0.717, 1.165) is 50.1 Å². The second-order valence-electron chi connectivity index (χ2n) is 14.0. The number of allylic oxidation sites excluding steroid dienone is 1. The Morgan fingerprint density at radius 1 is 0.554 bits per heavy atom. The molecular weight excluding hydrogens is 699 g/mol. The van der Waals surface area contributed by atoms with Crippen molar-refractivity contribution in [3.63, 3.8) is 0 Å². The molecule has 3 heteroatoms. The van der Waals surface area contributed by atoms with Gasteiger partial charge in [-0.2, -0.15) is 0 Å². The molecule has 0 N–H and O–H groups in total. The van der Waals surface area contributed by atoms with Gasteiger partial charge in [-0.3, -0.25) is 0 Å². The molecule has 0 fully saturated rings. The van der Waals surface area contributed by atoms with E-state index in [1.165, 1.54) is 53.6 Å². The van der Waals surface area contributed by atoms with Gasteiger partial charge in [-0.1, -0.05) is 152 Å². The lowest BCUT2D eigenvalue weighted by molar-refractivity contribution is 0.670. The van der Waals surface area contributed by atoms with Crippen LogP contribution in [0.4, 0.5) is 17.1 Å². The first-order valence-corrected chi connectivity index (χ1v) is 19.8. The minimum atomic E-state index is 0.904. The Labute approximate surface area is 330 Å². The molecule has 10 aromatic rings. The standard InChI is InChI=1S/C53H37NOS/c1-3-42(52-48-20-8-10-25-51(48)56-50(52)4-2)36-26-30-39(31-27-36)54(41-17-11-16-38(34-41)44-21-12-15-35-14-5-6-18-43(35)44)40-32-28-37(29-33-40)45-22-13-23-47-46-19-7-9-24-49(46)55-53(45)47/h3-34H,2H2,1H3/b42-3-. The zero-order chi connectivity index (χ0) is 37.6. The highest BCUT2D eigenvalue weighted by Gasteiger charge is 2.19. The summed E-state index contributed by atoms with van der Waals surface area (Å²) in [6, 6.07) is 65.2. The number of furan rings is 1. The molecule has 0 bridgehead atoms. The van der Waals surface area contributed by atoms with Gasteiger partial charge in [0.05, 0.1) is 0 Å². The van der Waals surface area contributed by atoms with Crippen LogP contribution in [-0.2, 0) is 0 Å². The SMILES string of the molecule is C=Cc1sc2ccccc2c1/C(=C\C)c1ccc(N(c2ccc(-c3cccc4c3oc3ccccc34)cc2)c2cccc(-c3cccc4ccccc34)c2)cc1. The Morgan fingerprint density at radius 2 is 1.20 bits per heavy atom. The summed E-state index contributed by atoms with van der Waals surface area (Å²) in [4.78, 5) is 3.54. The van der Waals surface area contributed by atoms with Gasteiger partial charge >= 0.3 is 0 Å². The highest BCUT2D eigenvalue weighted by molar-refractivity contribution is 7.20. The molecule has 0 atom stereocenters. The number of benzene rings is 8. The molecule has 0 unspecified atom stereocenters. The lowest BCUT2D eigenvalue weighted by atomic mass is 9.94. The molecule has 56 heavy (non-hydrogen) atoms. The van der Waals surface area contributed by atoms with Crippen LogP contribution in [0.25, 0.3) is 76.7 Å². The maximum atomic E-state index is 6.42. The highest BCUT2D eigenvalue weighted by atomic mass is 32.1. The molecule has 2 nitrogen and oxygen atoms in total. The van der Waals surface area contributed by atoms with E-state index in [1.807, 2.05) is 18.2 Å². The van der Waals surface area contributed by atoms with Crippen LogP contribution >= 0.6 is 11.3 Å². The number of para-hydroxylation sites is 2. The molecule has 2 heterocycles. The van der Waals surface area contributed by atoms with Crippen LogP contribution in [0.3, 0.4) is 0 Å². The quantitative estimate of drug-likeness (QED) is 0.154. The van der Waals surface area contributed by atoms with Gasteiger partial charge in [0.25, 0.3) is 0 Å². The lowest BCUT2D eigenvalue weighted by Crippen LogP contribution is -2.10. The van der Waals surface area contributed by atoms with Crippen LogP contribution in [0.15, 0.2) is 199 Å². The van der Waals surface area contributed by atoms with Crippen molar-refractivity contribution in [1.82, 2.24) is 0 Å². The molecule has 8 aromatic carbocycles. The van der Waals surface area contributed by atoms with Gasteiger partial charge in [0.2, 0.25) is 0 Å². The average molecular weight is 736 g/mol. The third-order valence-corrected chi connectivity index (χ3v) is 12.0. The molecular formula is C53H37NOS. The summed E-state index contributed by atoms with van der Waals surface area (Å²) in [7, 11) is 0. The van der Waals surface area contributed by atoms with Crippen molar-refractivity contribution in [1.29, 1.82) is 0 Å². The Kier molecular flexibility index (Phi) is 8.43. The third-order valence-electron chi connectivity index (χ3n) is 10.8. The number of hydrogen-bond acceptors (Lipinski definition) is 3. The molecule has 0 radical (unpaired) electrons. The van der Waals surface area contributed by atoms with Gasteiger partial charge in [-0.25, -0.2) is 0 Å². The number of anilines is 3. The molecule has 0 spiro atoms. The molecule has 0 aliphatic heterocycles. The molecule has 0 amide bonds. The average Bonchev–Trinajstić information content (AvgIpc) is 3.83. The molecule has 0 saturated heterocycles. The summed E-state index contributed by atoms with van der Waals surface area (Å²) in [6.07, 6.45) is 4.21. The van der Waals surface area contributed by atoms with Crippen LogP contribution in [0.2, 0.25) is 0 Å². The predicted octanol–water partition coefficient (Wildman–Crippen LogP) is 15.9. The maximum absolute atomic E-state index is 6.42. The summed E-state index contributed by atoms with van der Waals surface area (Å²) >= 11 is 1.79. The Bertz CT molecular complexity index is 3100. The zero-order valence-electron chi connectivity index (χ0n) is 30.9. The first-order valence-electron chi connectivity index (χ1n) is 19.0. The minimum absolute atomic E-state index is 0.904. The second-order valence-corrected chi connectivity index (χ2v) is 15.1. The number of fused-ring (bicyclic) bond motifs is 5. The van der Waals surface area contributed by atoms with E-state index in [1.54, 1.807) is 11.3 Å². The number of hydrogen-bond donors (Lipinski definition) is 0. The van der Waals surface area contributed by atoms with Crippen LogP contribution < -0.4 is 4.90 Å². The van der Waals surface area contributed by atoms with Crippen LogP contribution in [0.1, 0.15) is 22.9 Å².